The van der Waals surface area contributed by atoms with Gasteiger partial charge < -0.3 is 20.1 Å². The lowest BCUT2D eigenvalue weighted by molar-refractivity contribution is -0.0873. The molecule has 0 unspecified atom stereocenters. The molecule has 0 amide bonds. The monoisotopic (exact) mass is 330 g/mol. The van der Waals surface area contributed by atoms with Gasteiger partial charge in [-0.3, -0.25) is 0 Å². The van der Waals surface area contributed by atoms with Crippen LogP contribution in [0.15, 0.2) is 0 Å². The van der Waals surface area contributed by atoms with E-state index in [9.17, 15) is 10.2 Å². The van der Waals surface area contributed by atoms with E-state index in [0.717, 1.165) is 25.7 Å². The predicted octanol–water partition coefficient (Wildman–Crippen LogP) is 3.56. The summed E-state index contributed by atoms with van der Waals surface area (Å²) in [5.74, 6) is 0. The van der Waals surface area contributed by atoms with Crippen LogP contribution in [0.2, 0.25) is 0 Å². The van der Waals surface area contributed by atoms with Crippen LogP contribution in [0.5, 0.6) is 0 Å². The highest BCUT2D eigenvalue weighted by Gasteiger charge is 2.33. The van der Waals surface area contributed by atoms with Gasteiger partial charge in [-0.2, -0.15) is 0 Å². The van der Waals surface area contributed by atoms with Gasteiger partial charge in [0.1, 0.15) is 6.10 Å². The maximum absolute atomic E-state index is 10.2. The van der Waals surface area contributed by atoms with Crippen LogP contribution in [0.4, 0.5) is 0 Å². The van der Waals surface area contributed by atoms with Crippen LogP contribution in [0.25, 0.3) is 0 Å². The first-order valence-corrected chi connectivity index (χ1v) is 9.81. The second kappa shape index (κ2) is 13.2. The molecule has 4 atom stereocenters. The van der Waals surface area contributed by atoms with E-state index in [2.05, 4.69) is 6.92 Å². The quantitative estimate of drug-likeness (QED) is 0.426. The molecule has 1 rings (SSSR count). The smallest absolute Gasteiger partial charge is 0.103 e. The summed E-state index contributed by atoms with van der Waals surface area (Å²) in [6, 6.07) is 0. The summed E-state index contributed by atoms with van der Waals surface area (Å²) in [6.07, 6.45) is 13.5. The van der Waals surface area contributed by atoms with Gasteiger partial charge in [0, 0.05) is 0 Å². The normalized spacial score (nSPS) is 24.0. The lowest BCUT2D eigenvalue weighted by atomic mass is 10.0. The number of hydrogen-bond acceptors (Lipinski definition) is 4. The van der Waals surface area contributed by atoms with Crippen molar-refractivity contribution in [1.29, 1.82) is 0 Å². The SMILES string of the molecule is CCCCCCCCCCCC[C@@H](O)[C@H]1CC[C@H]([C@@H](O)CO)O1. The van der Waals surface area contributed by atoms with Crippen LogP contribution in [0, 0.1) is 0 Å². The van der Waals surface area contributed by atoms with Crippen LogP contribution in [0.3, 0.4) is 0 Å². The molecule has 0 bridgehead atoms. The van der Waals surface area contributed by atoms with E-state index in [0.29, 0.717) is 0 Å². The van der Waals surface area contributed by atoms with E-state index in [4.69, 9.17) is 9.84 Å². The van der Waals surface area contributed by atoms with Gasteiger partial charge in [0.25, 0.3) is 0 Å². The second-order valence-corrected chi connectivity index (χ2v) is 7.08. The molecule has 23 heavy (non-hydrogen) atoms. The van der Waals surface area contributed by atoms with Gasteiger partial charge in [0.2, 0.25) is 0 Å². The zero-order valence-electron chi connectivity index (χ0n) is 15.0. The highest BCUT2D eigenvalue weighted by molar-refractivity contribution is 4.82. The first-order valence-electron chi connectivity index (χ1n) is 9.81. The van der Waals surface area contributed by atoms with Gasteiger partial charge in [0.15, 0.2) is 0 Å². The number of aliphatic hydroxyl groups excluding tert-OH is 3. The molecule has 1 aliphatic rings. The third kappa shape index (κ3) is 9.04. The Hall–Kier alpha value is -0.160. The van der Waals surface area contributed by atoms with E-state index >= 15 is 0 Å². The van der Waals surface area contributed by atoms with E-state index in [-0.39, 0.29) is 18.8 Å². The van der Waals surface area contributed by atoms with Gasteiger partial charge in [-0.15, -0.1) is 0 Å². The Morgan fingerprint density at radius 3 is 1.78 bits per heavy atom. The minimum Gasteiger partial charge on any atom is -0.394 e. The fourth-order valence-corrected chi connectivity index (χ4v) is 3.40. The molecule has 0 spiro atoms. The summed E-state index contributed by atoms with van der Waals surface area (Å²) in [5, 5.41) is 28.7. The lowest BCUT2D eigenvalue weighted by Gasteiger charge is -2.21. The molecular weight excluding hydrogens is 292 g/mol. The molecule has 0 aromatic heterocycles. The molecule has 1 heterocycles. The molecule has 0 aromatic carbocycles. The minimum absolute atomic E-state index is 0.167. The van der Waals surface area contributed by atoms with Crippen LogP contribution in [-0.2, 0) is 4.74 Å². The van der Waals surface area contributed by atoms with Crippen LogP contribution in [0.1, 0.15) is 90.4 Å². The van der Waals surface area contributed by atoms with Crippen molar-refractivity contribution in [2.45, 2.75) is 115 Å². The number of unbranched alkanes of at least 4 members (excludes halogenated alkanes) is 9. The molecule has 1 saturated heterocycles. The Morgan fingerprint density at radius 2 is 1.26 bits per heavy atom. The van der Waals surface area contributed by atoms with Crippen molar-refractivity contribution in [1.82, 2.24) is 0 Å². The molecule has 3 N–H and O–H groups in total. The van der Waals surface area contributed by atoms with Crippen molar-refractivity contribution >= 4 is 0 Å². The van der Waals surface area contributed by atoms with E-state index < -0.39 is 12.2 Å². The summed E-state index contributed by atoms with van der Waals surface area (Å²) < 4.78 is 5.66. The summed E-state index contributed by atoms with van der Waals surface area (Å²) in [5.41, 5.74) is 0. The number of rotatable bonds is 14. The maximum atomic E-state index is 10.2. The Bertz CT molecular complexity index is 272. The molecule has 0 saturated carbocycles. The molecule has 0 aromatic rings. The average molecular weight is 331 g/mol. The van der Waals surface area contributed by atoms with Crippen molar-refractivity contribution in [2.24, 2.45) is 0 Å². The van der Waals surface area contributed by atoms with Gasteiger partial charge in [-0.25, -0.2) is 0 Å². The number of ether oxygens (including phenoxy) is 1. The Morgan fingerprint density at radius 1 is 0.783 bits per heavy atom. The van der Waals surface area contributed by atoms with Crippen molar-refractivity contribution in [2.75, 3.05) is 6.61 Å². The second-order valence-electron chi connectivity index (χ2n) is 7.08. The fraction of sp³-hybridized carbons (Fsp3) is 1.00. The highest BCUT2D eigenvalue weighted by atomic mass is 16.5. The summed E-state index contributed by atoms with van der Waals surface area (Å²) >= 11 is 0. The molecule has 1 aliphatic heterocycles. The van der Waals surface area contributed by atoms with Crippen molar-refractivity contribution < 1.29 is 20.1 Å². The molecule has 0 radical (unpaired) electrons. The molecule has 4 heteroatoms. The molecule has 1 fully saturated rings. The summed E-state index contributed by atoms with van der Waals surface area (Å²) in [6.45, 7) is 1.98. The third-order valence-electron chi connectivity index (χ3n) is 4.98. The van der Waals surface area contributed by atoms with Crippen LogP contribution < -0.4 is 0 Å². The predicted molar refractivity (Wildman–Crippen MR) is 93.5 cm³/mol. The molecule has 0 aliphatic carbocycles. The Labute approximate surface area is 142 Å². The van der Waals surface area contributed by atoms with E-state index in [1.54, 1.807) is 0 Å². The summed E-state index contributed by atoms with van der Waals surface area (Å²) in [7, 11) is 0. The van der Waals surface area contributed by atoms with E-state index in [1.807, 2.05) is 0 Å². The molecule has 4 nitrogen and oxygen atoms in total. The largest absolute Gasteiger partial charge is 0.394 e. The first-order chi connectivity index (χ1) is 11.2. The zero-order valence-corrected chi connectivity index (χ0v) is 15.0. The van der Waals surface area contributed by atoms with Gasteiger partial charge in [-0.1, -0.05) is 71.1 Å². The third-order valence-corrected chi connectivity index (χ3v) is 4.98. The number of aliphatic hydroxyl groups is 3. The first kappa shape index (κ1) is 20.9. The number of hydrogen-bond donors (Lipinski definition) is 3. The summed E-state index contributed by atoms with van der Waals surface area (Å²) in [4.78, 5) is 0. The van der Waals surface area contributed by atoms with Crippen molar-refractivity contribution in [3.8, 4) is 0 Å². The highest BCUT2D eigenvalue weighted by Crippen LogP contribution is 2.26. The minimum atomic E-state index is -0.815. The van der Waals surface area contributed by atoms with Gasteiger partial charge in [0.05, 0.1) is 24.9 Å². The van der Waals surface area contributed by atoms with Gasteiger partial charge in [-0.05, 0) is 19.3 Å². The Balaban J connectivity index is 1.93. The topological polar surface area (TPSA) is 69.9 Å². The zero-order chi connectivity index (χ0) is 16.9. The average Bonchev–Trinajstić information content (AvgIpc) is 3.05. The Kier molecular flexibility index (Phi) is 12.0. The standard InChI is InChI=1S/C19H38O4/c1-2-3-4-5-6-7-8-9-10-11-12-16(21)18-13-14-19(23-18)17(22)15-20/h16-22H,2-15H2,1H3/t16-,17+,18-,19-/m1/s1. The van der Waals surface area contributed by atoms with E-state index in [1.165, 1.54) is 57.8 Å². The van der Waals surface area contributed by atoms with Crippen LogP contribution in [-0.4, -0.2) is 46.3 Å². The van der Waals surface area contributed by atoms with Crippen molar-refractivity contribution in [3.63, 3.8) is 0 Å². The molecule has 138 valence electrons. The lowest BCUT2D eigenvalue weighted by Crippen LogP contribution is -2.32. The van der Waals surface area contributed by atoms with Gasteiger partial charge >= 0.3 is 0 Å². The fourth-order valence-electron chi connectivity index (χ4n) is 3.40. The maximum Gasteiger partial charge on any atom is 0.103 e. The molecular formula is C19H38O4. The van der Waals surface area contributed by atoms with Crippen molar-refractivity contribution in [3.05, 3.63) is 0 Å². The van der Waals surface area contributed by atoms with Crippen LogP contribution >= 0.6 is 0 Å².